The normalized spacial score (nSPS) is 68.3. The van der Waals surface area contributed by atoms with Crippen molar-refractivity contribution in [2.45, 2.75) is 271 Å². The minimum Gasteiger partial charge on any atom is -0.373 e. The summed E-state index contributed by atoms with van der Waals surface area (Å²) in [4.78, 5) is 0. The Morgan fingerprint density at radius 3 is 0.143 bits per heavy atom. The first-order valence-electron chi connectivity index (χ1n) is 49.4. The van der Waals surface area contributed by atoms with Gasteiger partial charge in [-0.2, -0.15) is 0 Å². The molecule has 147 heavy (non-hydrogen) atoms. The van der Waals surface area contributed by atoms with Crippen LogP contribution in [0.25, 0.3) is 0 Å². The molecule has 63 nitrogen and oxygen atoms in total. The molecule has 0 N–H and O–H groups in total. The lowest BCUT2D eigenvalue weighted by atomic mass is 10.6. The third-order valence-corrected chi connectivity index (χ3v) is 309. The van der Waals surface area contributed by atoms with Crippen LogP contribution in [-0.2, 0) is 259 Å². The fraction of sp³-hybridized carbons (Fsp3) is 1.00. The van der Waals surface area contributed by atoms with E-state index in [0.29, 0.717) is 0 Å². The Balaban J connectivity index is 0.000000127. The van der Waals surface area contributed by atoms with E-state index in [-0.39, 0.29) is 0 Å². The van der Waals surface area contributed by atoms with E-state index in [4.69, 9.17) is 259 Å². The molecule has 46 saturated heterocycles. The molecule has 46 aliphatic heterocycles. The summed E-state index contributed by atoms with van der Waals surface area (Å²) >= 11 is 0. The van der Waals surface area contributed by atoms with E-state index in [9.17, 15) is 0 Å². The quantitative estimate of drug-likeness (QED) is 0.184. The standard InChI is InChI=1S/C24H56O36Si24.C18H42O27Si18/c1-17(2)61-25-62(18(3)4)27-64(20(7)8)28-63(26-61,19(5)6)35-71-42-69(33-61)41-70(34-62)43-72(36-64,44-71)81-51-78(70)49-77(69)50-79(71,52-81)59-83-54-80(57-77)53-82(58-78)55-84(56-83,60-81)76-40-68(24(15)16)31-66(22(11)12)29-65(21(9)10)30-67(32-68,23(13)14)39-75(83,48-76)46-73(80,37-65)45-74(82,38-66)47-76;1-13(2)46-19-47(14(3)4)21-48(20-46,15(5)6)27-54-32-52(25-46)31-53(26-47,33-54)59-37-58(52)38-60(54,39-59)45-63-41-61(43-58)40-62(42-63,44-59)56-29-50(17(9)10)22-49(16(7)8)23-51(24-50,18(11)12)30-57(63,36-56)35-55(61,28-49)34-56/h17-24H,1-16H3;13-18H,1-12H3. The molecule has 0 saturated carbocycles. The summed E-state index contributed by atoms with van der Waals surface area (Å²) in [5.41, 5.74) is -8.03. The Bertz CT molecular complexity index is 5090. The highest BCUT2D eigenvalue weighted by atomic mass is 29.5. The predicted molar refractivity (Wildman–Crippen MR) is 521 cm³/mol. The lowest BCUT2D eigenvalue weighted by Crippen LogP contribution is -3.20. The molecule has 46 rings (SSSR count). The minimum atomic E-state index is -5.65. The second-order valence-electron chi connectivity index (χ2n) is 46.6. The third-order valence-electron chi connectivity index (χ3n) is 32.4. The van der Waals surface area contributed by atoms with E-state index in [2.05, 4.69) is 0 Å². The van der Waals surface area contributed by atoms with Gasteiger partial charge >= 0.3 is 356 Å². The molecule has 0 unspecified atom stereocenters. The lowest BCUT2D eigenvalue weighted by molar-refractivity contribution is -0.115. The molecule has 0 radical (unpaired) electrons. The second kappa shape index (κ2) is 26.5. The van der Waals surface area contributed by atoms with Crippen molar-refractivity contribution in [2.24, 2.45) is 0 Å². The summed E-state index contributed by atoms with van der Waals surface area (Å²) < 4.78 is 489. The summed E-state index contributed by atoms with van der Waals surface area (Å²) in [5.74, 6) is 0. The first-order chi connectivity index (χ1) is 68.3. The van der Waals surface area contributed by atoms with Gasteiger partial charge in [0.1, 0.15) is 0 Å². The van der Waals surface area contributed by atoms with Crippen molar-refractivity contribution in [3.05, 3.63) is 0 Å². The number of hydrogen-bond donors (Lipinski definition) is 0. The summed E-state index contributed by atoms with van der Waals surface area (Å²) in [6.45, 7) is 53.3. The molecule has 0 atom stereocenters. The van der Waals surface area contributed by atoms with Gasteiger partial charge in [0.15, 0.2) is 0 Å². The summed E-state index contributed by atoms with van der Waals surface area (Å²) in [6.07, 6.45) is 0. The van der Waals surface area contributed by atoms with Crippen LogP contribution in [-0.4, -0.2) is 356 Å². The Morgan fingerprint density at radius 2 is 0.102 bits per heavy atom. The van der Waals surface area contributed by atoms with Crippen molar-refractivity contribution in [2.75, 3.05) is 0 Å². The Morgan fingerprint density at radius 1 is 0.0612 bits per heavy atom. The fourth-order valence-electron chi connectivity index (χ4n) is 24.4. The van der Waals surface area contributed by atoms with Gasteiger partial charge < -0.3 is 259 Å². The maximum atomic E-state index is 8.09. The van der Waals surface area contributed by atoms with Gasteiger partial charge in [-0.1, -0.05) is 194 Å². The van der Waals surface area contributed by atoms with E-state index < -0.39 is 434 Å². The average molecular weight is 2790 g/mol. The van der Waals surface area contributed by atoms with Crippen molar-refractivity contribution in [1.29, 1.82) is 0 Å². The van der Waals surface area contributed by atoms with Crippen LogP contribution in [0.1, 0.15) is 194 Å². The fourth-order valence-corrected chi connectivity index (χ4v) is 496. The molecule has 28 spiro atoms. The van der Waals surface area contributed by atoms with Crippen molar-refractivity contribution < 1.29 is 259 Å². The molecule has 0 aromatic carbocycles. The van der Waals surface area contributed by atoms with E-state index >= 15 is 0 Å². The topological polar surface area (TPSA) is 581 Å². The van der Waals surface area contributed by atoms with Crippen LogP contribution in [0.5, 0.6) is 0 Å². The van der Waals surface area contributed by atoms with Crippen LogP contribution < -0.4 is 0 Å². The maximum absolute atomic E-state index is 8.09. The molecular weight excluding hydrogens is 2690 g/mol. The highest BCUT2D eigenvalue weighted by molar-refractivity contribution is 7.67. The monoisotopic (exact) mass is 2790 g/mol. The van der Waals surface area contributed by atoms with Gasteiger partial charge in [0.2, 0.25) is 0 Å². The highest BCUT2D eigenvalue weighted by Crippen LogP contribution is 2.82. The number of hydrogen-bond acceptors (Lipinski definition) is 63. The molecule has 46 fully saturated rings. The van der Waals surface area contributed by atoms with Crippen molar-refractivity contribution in [3.63, 3.8) is 0 Å². The van der Waals surface area contributed by atoms with Crippen molar-refractivity contribution in [1.82, 2.24) is 0 Å². The zero-order valence-corrected chi connectivity index (χ0v) is 125. The van der Waals surface area contributed by atoms with Crippen LogP contribution in [0, 0.1) is 0 Å². The van der Waals surface area contributed by atoms with Gasteiger partial charge in [0, 0.05) is 77.6 Å². The van der Waals surface area contributed by atoms with Gasteiger partial charge in [0.05, 0.1) is 0 Å². The van der Waals surface area contributed by atoms with Crippen LogP contribution in [0.2, 0.25) is 77.6 Å². The molecule has 812 valence electrons. The zero-order valence-electron chi connectivity index (χ0n) is 82.8. The predicted octanol–water partition coefficient (Wildman–Crippen LogP) is -1.21. The molecule has 46 heterocycles. The zero-order chi connectivity index (χ0) is 102. The molecule has 0 aromatic rings. The van der Waals surface area contributed by atoms with Gasteiger partial charge in [-0.25, -0.2) is 0 Å². The number of rotatable bonds is 14. The van der Waals surface area contributed by atoms with Gasteiger partial charge in [0.25, 0.3) is 0 Å². The summed E-state index contributed by atoms with van der Waals surface area (Å²) in [7, 11) is -210. The Labute approximate surface area is 878 Å². The Kier molecular flexibility index (Phi) is 18.1. The average Bonchev–Trinajstić information content (AvgIpc) is 0.593. The summed E-state index contributed by atoms with van der Waals surface area (Å²) in [5, 5.41) is 0. The van der Waals surface area contributed by atoms with Crippen molar-refractivity contribution >= 4 is 356 Å². The SMILES string of the molecule is CC(C)[Si]12O[Si]3(C(C)C)O[Si](C(C)C)(O1)O[Si]14O[Si]5(O2)O[Si](O3)(O1)[Si]12O[Si]53O[Si]4(O1)O[Si]14O[Si]5(O[Si](O1)(O2)[Si]12O[Si]6(C(C)C)O[Si]7(C(C)C)O[Si](C(C)C)(O6)O[Si]4(O[Si]5(O7)O1)O2)O3.CC(C)[Si]12O[Si]3(C(C)C)O[Si]4(C(C)C)O[Si](C(C)C)(O1)O[Si]15O[Si]6(O2)O[Si]2(O3)O[Si](O4)(O1)[Si]13O[Si]24O[Si]62O[Si]5(O1)O[Si]15O[Si]6(O[Si]7(O[Si](O1)(O3)[Si]13O[Si]8(C(C)C)O[Si]9(C(C)C)O[Si]%10(C(C)C)O[Si](C(C)C)(O8)O[Si]5(O[Si]6(O%10)O[Si]7(O9)O1)O3)O4)O2. The highest BCUT2D eigenvalue weighted by Gasteiger charge is 3.25. The third kappa shape index (κ3) is 9.79. The first kappa shape index (κ1) is 101. The van der Waals surface area contributed by atoms with Gasteiger partial charge in [-0.15, -0.1) is 0 Å². The van der Waals surface area contributed by atoms with E-state index in [1.54, 1.807) is 0 Å². The lowest BCUT2D eigenvalue weighted by Gasteiger charge is -2.81. The van der Waals surface area contributed by atoms with Crippen LogP contribution in [0.15, 0.2) is 0 Å². The molecule has 0 aromatic heterocycles. The molecular formula is C42H98O63Si42. The molecule has 42 bridgehead atoms. The van der Waals surface area contributed by atoms with Crippen LogP contribution >= 0.6 is 0 Å². The van der Waals surface area contributed by atoms with Gasteiger partial charge in [-0.05, 0) is 0 Å². The second-order valence-corrected chi connectivity index (χ2v) is 214. The summed E-state index contributed by atoms with van der Waals surface area (Å²) in [6, 6.07) is 0. The maximum Gasteiger partial charge on any atom is 0.553 e. The molecule has 0 aliphatic carbocycles. The Hall–Kier alpha value is 6.59. The molecule has 105 heteroatoms. The molecule has 0 amide bonds. The van der Waals surface area contributed by atoms with E-state index in [1.807, 2.05) is 194 Å². The van der Waals surface area contributed by atoms with E-state index in [0.717, 1.165) is 0 Å². The first-order valence-corrected chi connectivity index (χ1v) is 137. The van der Waals surface area contributed by atoms with Crippen LogP contribution in [0.4, 0.5) is 0 Å². The van der Waals surface area contributed by atoms with Crippen molar-refractivity contribution in [3.8, 4) is 0 Å². The largest absolute Gasteiger partial charge is 0.553 e. The molecule has 46 aliphatic rings. The smallest absolute Gasteiger partial charge is 0.373 e. The van der Waals surface area contributed by atoms with Crippen LogP contribution in [0.3, 0.4) is 0 Å². The van der Waals surface area contributed by atoms with Gasteiger partial charge in [-0.3, -0.25) is 0 Å². The van der Waals surface area contributed by atoms with E-state index in [1.165, 1.54) is 0 Å². The minimum absolute atomic E-state index is 0.417.